The molecule has 0 saturated carbocycles. The minimum Gasteiger partial charge on any atom is -0.325 e. The average molecular weight is 418 g/mol. The van der Waals surface area contributed by atoms with E-state index in [0.29, 0.717) is 23.4 Å². The van der Waals surface area contributed by atoms with Crippen LogP contribution >= 0.6 is 0 Å². The maximum absolute atomic E-state index is 12.9. The third-order valence-electron chi connectivity index (χ3n) is 5.49. The maximum atomic E-state index is 12.9. The number of amides is 1. The molecule has 0 aliphatic heterocycles. The van der Waals surface area contributed by atoms with Crippen molar-refractivity contribution in [1.29, 1.82) is 10.5 Å². The van der Waals surface area contributed by atoms with Crippen molar-refractivity contribution >= 4 is 11.6 Å². The molecule has 0 fully saturated rings. The van der Waals surface area contributed by atoms with Crippen molar-refractivity contribution in [3.8, 4) is 12.1 Å². The second-order valence-electron chi connectivity index (χ2n) is 7.51. The van der Waals surface area contributed by atoms with Crippen LogP contribution in [0.5, 0.6) is 0 Å². The molecule has 0 heterocycles. The lowest BCUT2D eigenvalue weighted by Gasteiger charge is -2.29. The Morgan fingerprint density at radius 3 is 2.00 bits per heavy atom. The summed E-state index contributed by atoms with van der Waals surface area (Å²) in [6.45, 7) is 10.7. The van der Waals surface area contributed by atoms with E-state index in [0.717, 1.165) is 38.2 Å². The summed E-state index contributed by atoms with van der Waals surface area (Å²) < 4.78 is 0. The van der Waals surface area contributed by atoms with E-state index < -0.39 is 0 Å². The number of rotatable bonds is 11. The predicted molar refractivity (Wildman–Crippen MR) is 123 cm³/mol. The summed E-state index contributed by atoms with van der Waals surface area (Å²) in [5.74, 6) is -0.0822. The molecule has 31 heavy (non-hydrogen) atoms. The third-order valence-corrected chi connectivity index (χ3v) is 5.49. The molecule has 2 aromatic rings. The van der Waals surface area contributed by atoms with E-state index in [9.17, 15) is 4.79 Å². The number of hydrogen-bond donors (Lipinski definition) is 1. The standard InChI is InChI=1S/C25H31N5O/c1-4-29(5-2)15-6-16-30(19-23-9-7-21(17-26)8-10-23)20(3)25(31)28-24-13-11-22(18-27)12-14-24/h7-14,20H,4-6,15-16,19H2,1-3H3,(H,28,31). The van der Waals surface area contributed by atoms with Gasteiger partial charge in [-0.1, -0.05) is 26.0 Å². The summed E-state index contributed by atoms with van der Waals surface area (Å²) >= 11 is 0. The Balaban J connectivity index is 2.08. The zero-order valence-electron chi connectivity index (χ0n) is 18.6. The van der Waals surface area contributed by atoms with E-state index in [2.05, 4.69) is 41.1 Å². The van der Waals surface area contributed by atoms with Crippen LogP contribution in [-0.2, 0) is 11.3 Å². The fourth-order valence-electron chi connectivity index (χ4n) is 3.41. The van der Waals surface area contributed by atoms with Crippen LogP contribution in [0.15, 0.2) is 48.5 Å². The van der Waals surface area contributed by atoms with Crippen molar-refractivity contribution in [2.24, 2.45) is 0 Å². The summed E-state index contributed by atoms with van der Waals surface area (Å²) in [6.07, 6.45) is 0.965. The molecule has 0 aromatic heterocycles. The van der Waals surface area contributed by atoms with Crippen molar-refractivity contribution in [3.05, 3.63) is 65.2 Å². The van der Waals surface area contributed by atoms with E-state index in [4.69, 9.17) is 10.5 Å². The molecule has 6 nitrogen and oxygen atoms in total. The van der Waals surface area contributed by atoms with Gasteiger partial charge in [0.15, 0.2) is 0 Å². The maximum Gasteiger partial charge on any atom is 0.241 e. The number of nitrogens with zero attached hydrogens (tertiary/aromatic N) is 4. The zero-order valence-corrected chi connectivity index (χ0v) is 18.6. The largest absolute Gasteiger partial charge is 0.325 e. The van der Waals surface area contributed by atoms with Gasteiger partial charge in [-0.2, -0.15) is 10.5 Å². The normalized spacial score (nSPS) is 11.7. The Labute approximate surface area is 185 Å². The molecule has 162 valence electrons. The number of carbonyl (C=O) groups is 1. The lowest BCUT2D eigenvalue weighted by atomic mass is 10.1. The Morgan fingerprint density at radius 1 is 0.935 bits per heavy atom. The summed E-state index contributed by atoms with van der Waals surface area (Å²) in [6, 6.07) is 18.3. The highest BCUT2D eigenvalue weighted by atomic mass is 16.2. The Morgan fingerprint density at radius 2 is 1.48 bits per heavy atom. The van der Waals surface area contributed by atoms with Gasteiger partial charge in [0.25, 0.3) is 0 Å². The fraction of sp³-hybridized carbons (Fsp3) is 0.400. The van der Waals surface area contributed by atoms with Crippen molar-refractivity contribution in [1.82, 2.24) is 9.80 Å². The Hall–Kier alpha value is -3.19. The molecule has 1 unspecified atom stereocenters. The Kier molecular flexibility index (Phi) is 9.71. The molecule has 0 aliphatic carbocycles. The molecule has 2 aromatic carbocycles. The van der Waals surface area contributed by atoms with Gasteiger partial charge in [0.2, 0.25) is 5.91 Å². The fourth-order valence-corrected chi connectivity index (χ4v) is 3.41. The van der Waals surface area contributed by atoms with Crippen LogP contribution in [0.25, 0.3) is 0 Å². The number of carbonyl (C=O) groups excluding carboxylic acids is 1. The smallest absolute Gasteiger partial charge is 0.241 e. The second kappa shape index (κ2) is 12.5. The zero-order chi connectivity index (χ0) is 22.6. The van der Waals surface area contributed by atoms with Crippen LogP contribution in [0.1, 0.15) is 43.9 Å². The minimum atomic E-state index is -0.331. The lowest BCUT2D eigenvalue weighted by molar-refractivity contribution is -0.121. The van der Waals surface area contributed by atoms with E-state index in [-0.39, 0.29) is 11.9 Å². The van der Waals surface area contributed by atoms with Gasteiger partial charge in [-0.05, 0) is 74.9 Å². The molecular weight excluding hydrogens is 386 g/mol. The number of benzene rings is 2. The minimum absolute atomic E-state index is 0.0822. The first-order valence-electron chi connectivity index (χ1n) is 10.8. The Bertz CT molecular complexity index is 905. The van der Waals surface area contributed by atoms with Gasteiger partial charge in [-0.3, -0.25) is 9.69 Å². The summed E-state index contributed by atoms with van der Waals surface area (Å²) in [7, 11) is 0. The van der Waals surface area contributed by atoms with Gasteiger partial charge in [-0.25, -0.2) is 0 Å². The first-order chi connectivity index (χ1) is 15.0. The first kappa shape index (κ1) is 24.1. The average Bonchev–Trinajstić information content (AvgIpc) is 2.81. The second-order valence-corrected chi connectivity index (χ2v) is 7.51. The third kappa shape index (κ3) is 7.53. The highest BCUT2D eigenvalue weighted by molar-refractivity contribution is 5.94. The van der Waals surface area contributed by atoms with Gasteiger partial charge in [0, 0.05) is 18.8 Å². The molecule has 1 atom stereocenters. The van der Waals surface area contributed by atoms with Crippen molar-refractivity contribution in [3.63, 3.8) is 0 Å². The van der Waals surface area contributed by atoms with Crippen LogP contribution in [0.2, 0.25) is 0 Å². The molecule has 0 bridgehead atoms. The molecule has 0 saturated heterocycles. The quantitative estimate of drug-likeness (QED) is 0.598. The highest BCUT2D eigenvalue weighted by Crippen LogP contribution is 2.14. The van der Waals surface area contributed by atoms with Gasteiger partial charge >= 0.3 is 0 Å². The monoisotopic (exact) mass is 417 g/mol. The summed E-state index contributed by atoms with van der Waals surface area (Å²) in [5.41, 5.74) is 2.94. The van der Waals surface area contributed by atoms with Crippen molar-refractivity contribution < 1.29 is 4.79 Å². The van der Waals surface area contributed by atoms with E-state index in [1.54, 1.807) is 24.3 Å². The molecule has 1 amide bonds. The van der Waals surface area contributed by atoms with Gasteiger partial charge in [-0.15, -0.1) is 0 Å². The molecule has 6 heteroatoms. The van der Waals surface area contributed by atoms with Crippen molar-refractivity contribution in [2.45, 2.75) is 39.8 Å². The van der Waals surface area contributed by atoms with Crippen LogP contribution in [0.3, 0.4) is 0 Å². The van der Waals surface area contributed by atoms with E-state index in [1.165, 1.54) is 0 Å². The SMILES string of the molecule is CCN(CC)CCCN(Cc1ccc(C#N)cc1)C(C)C(=O)Nc1ccc(C#N)cc1. The van der Waals surface area contributed by atoms with Crippen LogP contribution in [0.4, 0.5) is 5.69 Å². The first-order valence-corrected chi connectivity index (χ1v) is 10.8. The topological polar surface area (TPSA) is 83.2 Å². The molecule has 2 rings (SSSR count). The molecule has 0 radical (unpaired) electrons. The van der Waals surface area contributed by atoms with Crippen LogP contribution in [-0.4, -0.2) is 47.9 Å². The number of hydrogen-bond acceptors (Lipinski definition) is 5. The molecular formula is C25H31N5O. The van der Waals surface area contributed by atoms with Crippen LogP contribution in [0, 0.1) is 22.7 Å². The van der Waals surface area contributed by atoms with Gasteiger partial charge in [0.1, 0.15) is 0 Å². The molecule has 1 N–H and O–H groups in total. The van der Waals surface area contributed by atoms with Gasteiger partial charge in [0.05, 0.1) is 29.3 Å². The molecule has 0 spiro atoms. The van der Waals surface area contributed by atoms with E-state index in [1.807, 2.05) is 31.2 Å². The number of nitriles is 2. The van der Waals surface area contributed by atoms with Gasteiger partial charge < -0.3 is 10.2 Å². The van der Waals surface area contributed by atoms with Crippen LogP contribution < -0.4 is 5.32 Å². The van der Waals surface area contributed by atoms with E-state index >= 15 is 0 Å². The number of anilines is 1. The highest BCUT2D eigenvalue weighted by Gasteiger charge is 2.22. The predicted octanol–water partition coefficient (Wildman–Crippen LogP) is 3.99. The summed E-state index contributed by atoms with van der Waals surface area (Å²) in [5, 5.41) is 20.9. The molecule has 0 aliphatic rings. The summed E-state index contributed by atoms with van der Waals surface area (Å²) in [4.78, 5) is 17.5. The van der Waals surface area contributed by atoms with Crippen molar-refractivity contribution in [2.75, 3.05) is 31.5 Å². The number of nitrogens with one attached hydrogen (secondary N) is 1. The lowest BCUT2D eigenvalue weighted by Crippen LogP contribution is -2.43.